The second-order valence-corrected chi connectivity index (χ2v) is 3.86. The molecule has 0 saturated carbocycles. The Balaban J connectivity index is 2.67. The summed E-state index contributed by atoms with van der Waals surface area (Å²) in [5, 5.41) is 0. The first-order chi connectivity index (χ1) is 6.57. The minimum Gasteiger partial charge on any atom is -0.447 e. The van der Waals surface area contributed by atoms with Crippen molar-refractivity contribution in [2.75, 3.05) is 13.2 Å². The van der Waals surface area contributed by atoms with Gasteiger partial charge in [-0.05, 0) is 12.3 Å². The van der Waals surface area contributed by atoms with Crippen molar-refractivity contribution in [2.45, 2.75) is 27.2 Å². The molecule has 0 aliphatic carbocycles. The van der Waals surface area contributed by atoms with Gasteiger partial charge >= 0.3 is 6.09 Å². The van der Waals surface area contributed by atoms with Gasteiger partial charge in [0.2, 0.25) is 5.91 Å². The van der Waals surface area contributed by atoms with Crippen molar-refractivity contribution in [2.24, 2.45) is 11.8 Å². The maximum absolute atomic E-state index is 11.9. The molecular formula is C10H17NO3. The van der Waals surface area contributed by atoms with Crippen molar-refractivity contribution in [3.8, 4) is 0 Å². The lowest BCUT2D eigenvalue weighted by atomic mass is 9.92. The number of carbonyl (C=O) groups excluding carboxylic acids is 2. The van der Waals surface area contributed by atoms with Crippen LogP contribution in [0, 0.1) is 11.8 Å². The summed E-state index contributed by atoms with van der Waals surface area (Å²) < 4.78 is 4.73. The highest BCUT2D eigenvalue weighted by atomic mass is 16.6. The zero-order valence-electron chi connectivity index (χ0n) is 8.95. The molecule has 1 atom stereocenters. The number of cyclic esters (lactones) is 1. The van der Waals surface area contributed by atoms with Crippen molar-refractivity contribution in [3.63, 3.8) is 0 Å². The van der Waals surface area contributed by atoms with E-state index in [-0.39, 0.29) is 17.7 Å². The van der Waals surface area contributed by atoms with Gasteiger partial charge in [0.1, 0.15) is 6.61 Å². The van der Waals surface area contributed by atoms with E-state index >= 15 is 0 Å². The van der Waals surface area contributed by atoms with E-state index in [1.165, 1.54) is 4.90 Å². The first-order valence-electron chi connectivity index (χ1n) is 5.06. The van der Waals surface area contributed by atoms with Crippen LogP contribution in [0.15, 0.2) is 0 Å². The standard InChI is InChI=1S/C10H17NO3/c1-4-8(7(2)3)9(12)11-5-6-14-10(11)13/h7-8H,4-6H2,1-3H3. The third-order valence-corrected chi connectivity index (χ3v) is 2.59. The van der Waals surface area contributed by atoms with E-state index in [2.05, 4.69) is 0 Å². The lowest BCUT2D eigenvalue weighted by Crippen LogP contribution is -2.38. The van der Waals surface area contributed by atoms with E-state index in [0.717, 1.165) is 6.42 Å². The number of ether oxygens (including phenoxy) is 1. The summed E-state index contributed by atoms with van der Waals surface area (Å²) in [6.45, 7) is 6.69. The highest BCUT2D eigenvalue weighted by Crippen LogP contribution is 2.19. The van der Waals surface area contributed by atoms with E-state index in [1.807, 2.05) is 20.8 Å². The zero-order valence-corrected chi connectivity index (χ0v) is 8.95. The fraction of sp³-hybridized carbons (Fsp3) is 0.800. The summed E-state index contributed by atoms with van der Waals surface area (Å²) in [5.74, 6) is 0.103. The lowest BCUT2D eigenvalue weighted by molar-refractivity contribution is -0.133. The molecule has 0 spiro atoms. The van der Waals surface area contributed by atoms with Gasteiger partial charge in [-0.25, -0.2) is 9.69 Å². The molecule has 0 aromatic heterocycles. The number of hydrogen-bond acceptors (Lipinski definition) is 3. The highest BCUT2D eigenvalue weighted by Gasteiger charge is 2.33. The zero-order chi connectivity index (χ0) is 10.7. The monoisotopic (exact) mass is 199 g/mol. The predicted octanol–water partition coefficient (Wildman–Crippen LogP) is 1.65. The van der Waals surface area contributed by atoms with Crippen LogP contribution in [-0.2, 0) is 9.53 Å². The Morgan fingerprint density at radius 3 is 2.57 bits per heavy atom. The Labute approximate surface area is 84.2 Å². The molecule has 1 aliphatic heterocycles. The van der Waals surface area contributed by atoms with Crippen LogP contribution < -0.4 is 0 Å². The van der Waals surface area contributed by atoms with Gasteiger partial charge in [-0.15, -0.1) is 0 Å². The first-order valence-corrected chi connectivity index (χ1v) is 5.06. The maximum Gasteiger partial charge on any atom is 0.416 e. The van der Waals surface area contributed by atoms with Crippen LogP contribution in [-0.4, -0.2) is 30.1 Å². The van der Waals surface area contributed by atoms with Gasteiger partial charge in [0, 0.05) is 5.92 Å². The summed E-state index contributed by atoms with van der Waals surface area (Å²) in [4.78, 5) is 24.2. The predicted molar refractivity (Wildman–Crippen MR) is 51.7 cm³/mol. The number of amides is 2. The summed E-state index contributed by atoms with van der Waals surface area (Å²) >= 11 is 0. The third kappa shape index (κ3) is 2.05. The molecule has 1 fully saturated rings. The van der Waals surface area contributed by atoms with E-state index in [0.29, 0.717) is 13.2 Å². The molecule has 1 unspecified atom stereocenters. The largest absolute Gasteiger partial charge is 0.447 e. The normalized spacial score (nSPS) is 18.6. The molecule has 4 heteroatoms. The van der Waals surface area contributed by atoms with E-state index in [9.17, 15) is 9.59 Å². The number of carbonyl (C=O) groups is 2. The van der Waals surface area contributed by atoms with Gasteiger partial charge < -0.3 is 4.74 Å². The molecule has 0 aromatic carbocycles. The average molecular weight is 199 g/mol. The van der Waals surface area contributed by atoms with Gasteiger partial charge in [0.15, 0.2) is 0 Å². The smallest absolute Gasteiger partial charge is 0.416 e. The Bertz CT molecular complexity index is 238. The number of nitrogens with zero attached hydrogens (tertiary/aromatic N) is 1. The Hall–Kier alpha value is -1.06. The SMILES string of the molecule is CCC(C(=O)N1CCOC1=O)C(C)C. The molecule has 1 heterocycles. The molecule has 4 nitrogen and oxygen atoms in total. The summed E-state index contributed by atoms with van der Waals surface area (Å²) in [6, 6.07) is 0. The number of hydrogen-bond donors (Lipinski definition) is 0. The van der Waals surface area contributed by atoms with Crippen molar-refractivity contribution < 1.29 is 14.3 Å². The first kappa shape index (κ1) is 11.0. The van der Waals surface area contributed by atoms with Crippen LogP contribution >= 0.6 is 0 Å². The molecule has 0 radical (unpaired) electrons. The van der Waals surface area contributed by atoms with Gasteiger partial charge in [-0.3, -0.25) is 4.79 Å². The van der Waals surface area contributed by atoms with Crippen molar-refractivity contribution >= 4 is 12.0 Å². The van der Waals surface area contributed by atoms with Crippen molar-refractivity contribution in [1.82, 2.24) is 4.90 Å². The second-order valence-electron chi connectivity index (χ2n) is 3.86. The Morgan fingerprint density at radius 1 is 1.57 bits per heavy atom. The molecule has 1 aliphatic rings. The molecule has 14 heavy (non-hydrogen) atoms. The summed E-state index contributed by atoms with van der Waals surface area (Å²) in [5.41, 5.74) is 0. The minimum atomic E-state index is -0.492. The molecule has 0 bridgehead atoms. The van der Waals surface area contributed by atoms with Crippen molar-refractivity contribution in [1.29, 1.82) is 0 Å². The quantitative estimate of drug-likeness (QED) is 0.694. The molecule has 1 saturated heterocycles. The van der Waals surface area contributed by atoms with Gasteiger partial charge in [0.25, 0.3) is 0 Å². The fourth-order valence-electron chi connectivity index (χ4n) is 1.72. The Kier molecular flexibility index (Phi) is 3.49. The topological polar surface area (TPSA) is 46.6 Å². The molecule has 0 N–H and O–H groups in total. The van der Waals surface area contributed by atoms with Crippen LogP contribution in [0.5, 0.6) is 0 Å². The minimum absolute atomic E-state index is 0.0688. The number of rotatable bonds is 3. The van der Waals surface area contributed by atoms with Crippen LogP contribution in [0.4, 0.5) is 4.79 Å². The van der Waals surface area contributed by atoms with Crippen LogP contribution in [0.25, 0.3) is 0 Å². The van der Waals surface area contributed by atoms with Crippen molar-refractivity contribution in [3.05, 3.63) is 0 Å². The third-order valence-electron chi connectivity index (χ3n) is 2.59. The molecular weight excluding hydrogens is 182 g/mol. The van der Waals surface area contributed by atoms with Gasteiger partial charge in [-0.1, -0.05) is 20.8 Å². The molecule has 0 aromatic rings. The van der Waals surface area contributed by atoms with E-state index < -0.39 is 6.09 Å². The van der Waals surface area contributed by atoms with E-state index in [4.69, 9.17) is 4.74 Å². The van der Waals surface area contributed by atoms with Gasteiger partial charge in [-0.2, -0.15) is 0 Å². The van der Waals surface area contributed by atoms with Crippen LogP contribution in [0.2, 0.25) is 0 Å². The fourth-order valence-corrected chi connectivity index (χ4v) is 1.72. The summed E-state index contributed by atoms with van der Waals surface area (Å²) in [6.07, 6.45) is 0.273. The van der Waals surface area contributed by atoms with Crippen LogP contribution in [0.1, 0.15) is 27.2 Å². The van der Waals surface area contributed by atoms with E-state index in [1.54, 1.807) is 0 Å². The number of imide groups is 1. The van der Waals surface area contributed by atoms with Crippen LogP contribution in [0.3, 0.4) is 0 Å². The Morgan fingerprint density at radius 2 is 2.21 bits per heavy atom. The second kappa shape index (κ2) is 4.44. The molecule has 80 valence electrons. The van der Waals surface area contributed by atoms with Gasteiger partial charge in [0.05, 0.1) is 6.54 Å². The maximum atomic E-state index is 11.9. The highest BCUT2D eigenvalue weighted by molar-refractivity contribution is 5.94. The average Bonchev–Trinajstić information content (AvgIpc) is 2.51. The molecule has 1 rings (SSSR count). The summed E-state index contributed by atoms with van der Waals surface area (Å²) in [7, 11) is 0. The molecule has 2 amide bonds. The lowest BCUT2D eigenvalue weighted by Gasteiger charge is -2.21.